The van der Waals surface area contributed by atoms with Crippen molar-refractivity contribution >= 4 is 27.7 Å². The number of anilines is 1. The molecular formula is C13H18BrN. The summed E-state index contributed by atoms with van der Waals surface area (Å²) >= 11 is 3.40. The van der Waals surface area contributed by atoms with E-state index >= 15 is 0 Å². The number of hydrogen-bond donors (Lipinski definition) is 1. The van der Waals surface area contributed by atoms with Gasteiger partial charge >= 0.3 is 0 Å². The largest absolute Gasteiger partial charge is 0.398 e. The minimum absolute atomic E-state index is 0.550. The van der Waals surface area contributed by atoms with Gasteiger partial charge in [0, 0.05) is 11.0 Å². The standard InChI is InChI=1S/C13H18BrN/c1-10(2)11-6-7-13(15)12(9-11)5-3-4-8-14/h3,5-7,9-10H,4,8,15H2,1-2H3. The SMILES string of the molecule is CC(C)c1ccc(N)c(C=CCCBr)c1. The van der Waals surface area contributed by atoms with Crippen LogP contribution in [0.25, 0.3) is 6.08 Å². The summed E-state index contributed by atoms with van der Waals surface area (Å²) in [6.07, 6.45) is 5.28. The molecule has 0 atom stereocenters. The number of alkyl halides is 1. The van der Waals surface area contributed by atoms with Crippen LogP contribution in [0.1, 0.15) is 37.3 Å². The van der Waals surface area contributed by atoms with E-state index in [9.17, 15) is 0 Å². The molecule has 0 aromatic heterocycles. The van der Waals surface area contributed by atoms with E-state index in [1.807, 2.05) is 6.07 Å². The molecule has 0 saturated carbocycles. The maximum absolute atomic E-state index is 5.91. The molecule has 0 spiro atoms. The minimum atomic E-state index is 0.550. The van der Waals surface area contributed by atoms with E-state index in [-0.39, 0.29) is 0 Å². The molecule has 0 bridgehead atoms. The molecule has 0 fully saturated rings. The van der Waals surface area contributed by atoms with Crippen LogP contribution in [0, 0.1) is 0 Å². The zero-order chi connectivity index (χ0) is 11.3. The molecule has 0 saturated heterocycles. The number of allylic oxidation sites excluding steroid dienone is 1. The van der Waals surface area contributed by atoms with Crippen molar-refractivity contribution in [1.29, 1.82) is 0 Å². The first-order chi connectivity index (χ1) is 7.15. The van der Waals surface area contributed by atoms with Crippen LogP contribution in [0.3, 0.4) is 0 Å². The van der Waals surface area contributed by atoms with E-state index in [4.69, 9.17) is 5.73 Å². The number of benzene rings is 1. The topological polar surface area (TPSA) is 26.0 Å². The molecule has 82 valence electrons. The fraction of sp³-hybridized carbons (Fsp3) is 0.385. The Morgan fingerprint density at radius 2 is 2.13 bits per heavy atom. The van der Waals surface area contributed by atoms with Crippen LogP contribution in [-0.4, -0.2) is 5.33 Å². The van der Waals surface area contributed by atoms with Crippen molar-refractivity contribution in [3.05, 3.63) is 35.4 Å². The Morgan fingerprint density at radius 3 is 2.73 bits per heavy atom. The molecule has 0 amide bonds. The lowest BCUT2D eigenvalue weighted by molar-refractivity contribution is 0.866. The van der Waals surface area contributed by atoms with Gasteiger partial charge in [-0.2, -0.15) is 0 Å². The Kier molecular flexibility index (Phi) is 4.89. The van der Waals surface area contributed by atoms with Gasteiger partial charge in [-0.15, -0.1) is 0 Å². The third-order valence-corrected chi connectivity index (χ3v) is 2.81. The monoisotopic (exact) mass is 267 g/mol. The summed E-state index contributed by atoms with van der Waals surface area (Å²) in [5.41, 5.74) is 9.22. The highest BCUT2D eigenvalue weighted by Gasteiger charge is 2.01. The fourth-order valence-electron chi connectivity index (χ4n) is 1.37. The van der Waals surface area contributed by atoms with E-state index in [0.29, 0.717) is 5.92 Å². The van der Waals surface area contributed by atoms with Crippen LogP contribution in [0.4, 0.5) is 5.69 Å². The van der Waals surface area contributed by atoms with Crippen LogP contribution in [0.5, 0.6) is 0 Å². The quantitative estimate of drug-likeness (QED) is 0.643. The maximum atomic E-state index is 5.91. The molecule has 0 aliphatic rings. The predicted molar refractivity (Wildman–Crippen MR) is 72.4 cm³/mol. The van der Waals surface area contributed by atoms with Crippen molar-refractivity contribution in [1.82, 2.24) is 0 Å². The molecule has 0 aliphatic carbocycles. The summed E-state index contributed by atoms with van der Waals surface area (Å²) in [6.45, 7) is 4.38. The van der Waals surface area contributed by atoms with E-state index < -0.39 is 0 Å². The second-order valence-corrected chi connectivity index (χ2v) is 4.72. The van der Waals surface area contributed by atoms with Crippen molar-refractivity contribution in [2.75, 3.05) is 11.1 Å². The first kappa shape index (κ1) is 12.3. The summed E-state index contributed by atoms with van der Waals surface area (Å²) in [7, 11) is 0. The summed E-state index contributed by atoms with van der Waals surface area (Å²) in [5, 5.41) is 0.993. The predicted octanol–water partition coefficient (Wildman–Crippen LogP) is 4.19. The third-order valence-electron chi connectivity index (χ3n) is 2.35. The van der Waals surface area contributed by atoms with Gasteiger partial charge in [0.15, 0.2) is 0 Å². The molecule has 1 nitrogen and oxygen atoms in total. The molecule has 0 aliphatic heterocycles. The summed E-state index contributed by atoms with van der Waals surface area (Å²) in [6, 6.07) is 6.26. The van der Waals surface area contributed by atoms with Gasteiger partial charge in [-0.25, -0.2) is 0 Å². The van der Waals surface area contributed by atoms with Crippen molar-refractivity contribution in [3.8, 4) is 0 Å². The zero-order valence-corrected chi connectivity index (χ0v) is 10.9. The second kappa shape index (κ2) is 5.96. The van der Waals surface area contributed by atoms with Gasteiger partial charge < -0.3 is 5.73 Å². The first-order valence-corrected chi connectivity index (χ1v) is 6.39. The van der Waals surface area contributed by atoms with Gasteiger partial charge in [0.05, 0.1) is 0 Å². The molecule has 1 aromatic carbocycles. The summed E-state index contributed by atoms with van der Waals surface area (Å²) in [5.74, 6) is 0.550. The summed E-state index contributed by atoms with van der Waals surface area (Å²) < 4.78 is 0. The highest BCUT2D eigenvalue weighted by atomic mass is 79.9. The van der Waals surface area contributed by atoms with Crippen LogP contribution >= 0.6 is 15.9 Å². The van der Waals surface area contributed by atoms with Crippen LogP contribution in [-0.2, 0) is 0 Å². The average Bonchev–Trinajstić information content (AvgIpc) is 2.20. The second-order valence-electron chi connectivity index (χ2n) is 3.92. The Balaban J connectivity index is 2.90. The Bertz CT molecular complexity index is 342. The third kappa shape index (κ3) is 3.71. The number of nitrogens with two attached hydrogens (primary N) is 1. The Hall–Kier alpha value is -0.760. The lowest BCUT2D eigenvalue weighted by Crippen LogP contribution is -1.93. The highest BCUT2D eigenvalue weighted by Crippen LogP contribution is 2.21. The van der Waals surface area contributed by atoms with Gasteiger partial charge in [-0.05, 0) is 35.6 Å². The molecule has 2 heteroatoms. The van der Waals surface area contributed by atoms with E-state index in [0.717, 1.165) is 23.0 Å². The van der Waals surface area contributed by atoms with E-state index in [2.05, 4.69) is 54.1 Å². The lowest BCUT2D eigenvalue weighted by atomic mass is 9.99. The van der Waals surface area contributed by atoms with Crippen molar-refractivity contribution in [2.45, 2.75) is 26.2 Å². The first-order valence-electron chi connectivity index (χ1n) is 5.27. The molecule has 1 aromatic rings. The van der Waals surface area contributed by atoms with Crippen molar-refractivity contribution in [3.63, 3.8) is 0 Å². The molecular weight excluding hydrogens is 250 g/mol. The maximum Gasteiger partial charge on any atom is 0.0387 e. The normalized spacial score (nSPS) is 11.5. The smallest absolute Gasteiger partial charge is 0.0387 e. The molecule has 0 heterocycles. The van der Waals surface area contributed by atoms with Crippen LogP contribution in [0.2, 0.25) is 0 Å². The molecule has 0 unspecified atom stereocenters. The van der Waals surface area contributed by atoms with E-state index in [1.54, 1.807) is 0 Å². The van der Waals surface area contributed by atoms with Crippen LogP contribution in [0.15, 0.2) is 24.3 Å². The van der Waals surface area contributed by atoms with Crippen molar-refractivity contribution < 1.29 is 0 Å². The van der Waals surface area contributed by atoms with Crippen LogP contribution < -0.4 is 5.73 Å². The zero-order valence-electron chi connectivity index (χ0n) is 9.33. The Morgan fingerprint density at radius 1 is 1.40 bits per heavy atom. The van der Waals surface area contributed by atoms with Gasteiger partial charge in [0.2, 0.25) is 0 Å². The van der Waals surface area contributed by atoms with E-state index in [1.165, 1.54) is 5.56 Å². The lowest BCUT2D eigenvalue weighted by Gasteiger charge is -2.08. The van der Waals surface area contributed by atoms with Gasteiger partial charge in [0.25, 0.3) is 0 Å². The number of halogens is 1. The molecule has 2 N–H and O–H groups in total. The highest BCUT2D eigenvalue weighted by molar-refractivity contribution is 9.09. The van der Waals surface area contributed by atoms with Crippen molar-refractivity contribution in [2.24, 2.45) is 0 Å². The molecule has 1 rings (SSSR count). The summed E-state index contributed by atoms with van der Waals surface area (Å²) in [4.78, 5) is 0. The average molecular weight is 268 g/mol. The van der Waals surface area contributed by atoms with Gasteiger partial charge in [-0.1, -0.05) is 48.0 Å². The molecule has 15 heavy (non-hydrogen) atoms. The number of hydrogen-bond acceptors (Lipinski definition) is 1. The fourth-order valence-corrected chi connectivity index (χ4v) is 1.63. The Labute approximate surface area is 101 Å². The molecule has 0 radical (unpaired) electrons. The number of nitrogen functional groups attached to an aromatic ring is 1. The van der Waals surface area contributed by atoms with Gasteiger partial charge in [0.1, 0.15) is 0 Å². The minimum Gasteiger partial charge on any atom is -0.398 e. The van der Waals surface area contributed by atoms with Gasteiger partial charge in [-0.3, -0.25) is 0 Å². The number of rotatable bonds is 4.